The summed E-state index contributed by atoms with van der Waals surface area (Å²) in [5.74, 6) is 1.71. The van der Waals surface area contributed by atoms with E-state index in [4.69, 9.17) is 21.1 Å². The highest BCUT2D eigenvalue weighted by atomic mass is 35.5. The molecule has 2 aliphatic heterocycles. The Hall–Kier alpha value is -4.15. The molecule has 2 aliphatic rings. The SMILES string of the molecule is COc1cc2ncnc(Nc3ccc(OCc4cccc(F)c4)c(Cl)c3)c2cc1NC(=O)N1CC2CCN(C)[C@@H]2C1. The summed E-state index contributed by atoms with van der Waals surface area (Å²) in [5, 5.41) is 7.42. The van der Waals surface area contributed by atoms with Crippen molar-refractivity contribution in [1.82, 2.24) is 19.8 Å². The van der Waals surface area contributed by atoms with E-state index in [0.717, 1.165) is 19.5 Å². The number of rotatable bonds is 7. The molecule has 2 amide bonds. The lowest BCUT2D eigenvalue weighted by Gasteiger charge is -2.22. The summed E-state index contributed by atoms with van der Waals surface area (Å²) >= 11 is 6.50. The van der Waals surface area contributed by atoms with Gasteiger partial charge in [0, 0.05) is 36.3 Å². The average Bonchev–Trinajstić information content (AvgIpc) is 3.54. The highest BCUT2D eigenvalue weighted by molar-refractivity contribution is 6.32. The van der Waals surface area contributed by atoms with E-state index in [0.29, 0.717) is 68.7 Å². The minimum absolute atomic E-state index is 0.155. The molecule has 9 nitrogen and oxygen atoms in total. The molecule has 2 N–H and O–H groups in total. The first-order valence-corrected chi connectivity index (χ1v) is 13.8. The van der Waals surface area contributed by atoms with Crippen molar-refractivity contribution in [3.8, 4) is 11.5 Å². The number of nitrogens with zero attached hydrogens (tertiary/aromatic N) is 4. The largest absolute Gasteiger partial charge is 0.494 e. The predicted molar refractivity (Wildman–Crippen MR) is 157 cm³/mol. The van der Waals surface area contributed by atoms with Crippen LogP contribution in [0.1, 0.15) is 12.0 Å². The summed E-state index contributed by atoms with van der Waals surface area (Å²) in [7, 11) is 3.68. The first kappa shape index (κ1) is 27.0. The number of carbonyl (C=O) groups excluding carboxylic acids is 1. The topological polar surface area (TPSA) is 91.8 Å². The summed E-state index contributed by atoms with van der Waals surface area (Å²) < 4.78 is 24.8. The third-order valence-corrected chi connectivity index (χ3v) is 8.08. The number of anilines is 3. The van der Waals surface area contributed by atoms with E-state index in [-0.39, 0.29) is 18.5 Å². The van der Waals surface area contributed by atoms with Crippen LogP contribution in [0.2, 0.25) is 5.02 Å². The molecule has 212 valence electrons. The molecule has 0 radical (unpaired) electrons. The standard InChI is InChI=1S/C30H30ClFN6O3/c1-37-9-8-19-14-38(15-26(19)37)30(39)36-25-12-22-24(13-28(25)40-2)33-17-34-29(22)35-21-6-7-27(23(31)11-21)41-16-18-4-3-5-20(32)10-18/h3-7,10-13,17,19,26H,8-9,14-16H2,1-2H3,(H,36,39)(H,33,34,35)/t19?,26-/m1/s1. The van der Waals surface area contributed by atoms with Crippen molar-refractivity contribution >= 4 is 45.7 Å². The van der Waals surface area contributed by atoms with Crippen molar-refractivity contribution in [2.24, 2.45) is 5.92 Å². The molecule has 6 rings (SSSR count). The molecule has 11 heteroatoms. The lowest BCUT2D eigenvalue weighted by molar-refractivity contribution is 0.213. The fourth-order valence-electron chi connectivity index (χ4n) is 5.60. The van der Waals surface area contributed by atoms with Crippen LogP contribution in [0.15, 0.2) is 60.9 Å². The number of urea groups is 1. The van der Waals surface area contributed by atoms with Crippen LogP contribution >= 0.6 is 11.6 Å². The summed E-state index contributed by atoms with van der Waals surface area (Å²) in [5.41, 5.74) is 2.57. The third kappa shape index (κ3) is 5.71. The molecule has 3 aromatic carbocycles. The van der Waals surface area contributed by atoms with Gasteiger partial charge in [0.05, 0.1) is 23.3 Å². The van der Waals surface area contributed by atoms with Gasteiger partial charge in [-0.05, 0) is 67.9 Å². The number of likely N-dealkylation sites (N-methyl/N-ethyl adjacent to an activating group) is 1. The zero-order valence-electron chi connectivity index (χ0n) is 22.7. The maximum Gasteiger partial charge on any atom is 0.322 e. The first-order chi connectivity index (χ1) is 19.9. The molecule has 2 fully saturated rings. The molecule has 2 atom stereocenters. The van der Waals surface area contributed by atoms with Gasteiger partial charge in [-0.2, -0.15) is 0 Å². The van der Waals surface area contributed by atoms with Gasteiger partial charge in [0.2, 0.25) is 0 Å². The molecular weight excluding hydrogens is 547 g/mol. The van der Waals surface area contributed by atoms with Gasteiger partial charge in [-0.3, -0.25) is 0 Å². The minimum atomic E-state index is -0.319. The smallest absolute Gasteiger partial charge is 0.322 e. The van der Waals surface area contributed by atoms with E-state index in [1.165, 1.54) is 18.5 Å². The van der Waals surface area contributed by atoms with Crippen LogP contribution in [0, 0.1) is 11.7 Å². The van der Waals surface area contributed by atoms with Gasteiger partial charge in [-0.15, -0.1) is 0 Å². The highest BCUT2D eigenvalue weighted by Crippen LogP contribution is 2.36. The van der Waals surface area contributed by atoms with Crippen molar-refractivity contribution in [2.75, 3.05) is 44.4 Å². The first-order valence-electron chi connectivity index (χ1n) is 13.4. The van der Waals surface area contributed by atoms with E-state index in [1.54, 1.807) is 37.4 Å². The number of ether oxygens (including phenoxy) is 2. The van der Waals surface area contributed by atoms with Crippen LogP contribution in [-0.4, -0.2) is 65.6 Å². The Morgan fingerprint density at radius 1 is 1.12 bits per heavy atom. The number of methoxy groups -OCH3 is 1. The van der Waals surface area contributed by atoms with Gasteiger partial charge >= 0.3 is 6.03 Å². The predicted octanol–water partition coefficient (Wildman–Crippen LogP) is 5.92. The molecule has 0 saturated carbocycles. The van der Waals surface area contributed by atoms with Gasteiger partial charge in [0.25, 0.3) is 0 Å². The van der Waals surface area contributed by atoms with Crippen molar-refractivity contribution in [3.05, 3.63) is 77.3 Å². The molecule has 1 aromatic heterocycles. The molecule has 2 saturated heterocycles. The number of aromatic nitrogens is 2. The lowest BCUT2D eigenvalue weighted by Crippen LogP contribution is -2.37. The van der Waals surface area contributed by atoms with Crippen LogP contribution in [-0.2, 0) is 6.61 Å². The summed E-state index contributed by atoms with van der Waals surface area (Å²) in [6, 6.07) is 15.4. The number of likely N-dealkylation sites (tertiary alicyclic amines) is 2. The Balaban J connectivity index is 1.20. The summed E-state index contributed by atoms with van der Waals surface area (Å²) in [6.45, 7) is 2.72. The maximum absolute atomic E-state index is 13.5. The number of hydrogen-bond donors (Lipinski definition) is 2. The number of fused-ring (bicyclic) bond motifs is 2. The number of hydrogen-bond acceptors (Lipinski definition) is 7. The Morgan fingerprint density at radius 2 is 2.00 bits per heavy atom. The highest BCUT2D eigenvalue weighted by Gasteiger charge is 2.41. The second kappa shape index (κ2) is 11.4. The molecule has 4 aromatic rings. The third-order valence-electron chi connectivity index (χ3n) is 7.79. The van der Waals surface area contributed by atoms with Gasteiger partial charge in [0.15, 0.2) is 0 Å². The van der Waals surface area contributed by atoms with Crippen molar-refractivity contribution in [1.29, 1.82) is 0 Å². The van der Waals surface area contributed by atoms with E-state index in [2.05, 4.69) is 32.5 Å². The fourth-order valence-corrected chi connectivity index (χ4v) is 5.84. The monoisotopic (exact) mass is 576 g/mol. The number of amides is 2. The van der Waals surface area contributed by atoms with Crippen LogP contribution < -0.4 is 20.1 Å². The molecule has 1 unspecified atom stereocenters. The normalized spacial score (nSPS) is 18.4. The fraction of sp³-hybridized carbons (Fsp3) is 0.300. The Bertz CT molecular complexity index is 1600. The summed E-state index contributed by atoms with van der Waals surface area (Å²) in [4.78, 5) is 26.2. The molecular formula is C30H30ClFN6O3. The van der Waals surface area contributed by atoms with Crippen LogP contribution in [0.3, 0.4) is 0 Å². The summed E-state index contributed by atoms with van der Waals surface area (Å²) in [6.07, 6.45) is 2.57. The van der Waals surface area contributed by atoms with Gasteiger partial charge in [-0.25, -0.2) is 19.2 Å². The quantitative estimate of drug-likeness (QED) is 0.282. The van der Waals surface area contributed by atoms with Crippen LogP contribution in [0.5, 0.6) is 11.5 Å². The van der Waals surface area contributed by atoms with Crippen LogP contribution in [0.25, 0.3) is 10.9 Å². The molecule has 0 spiro atoms. The van der Waals surface area contributed by atoms with E-state index < -0.39 is 0 Å². The molecule has 41 heavy (non-hydrogen) atoms. The second-order valence-electron chi connectivity index (χ2n) is 10.4. The Labute approximate surface area is 242 Å². The number of benzene rings is 3. The Kier molecular flexibility index (Phi) is 7.51. The number of carbonyl (C=O) groups is 1. The molecule has 0 bridgehead atoms. The van der Waals surface area contributed by atoms with E-state index >= 15 is 0 Å². The minimum Gasteiger partial charge on any atom is -0.494 e. The van der Waals surface area contributed by atoms with Gasteiger partial charge < -0.3 is 29.9 Å². The number of nitrogens with one attached hydrogen (secondary N) is 2. The second-order valence-corrected chi connectivity index (χ2v) is 10.8. The zero-order chi connectivity index (χ0) is 28.5. The van der Waals surface area contributed by atoms with Crippen LogP contribution in [0.4, 0.5) is 26.4 Å². The van der Waals surface area contributed by atoms with Crippen molar-refractivity contribution in [3.63, 3.8) is 0 Å². The Morgan fingerprint density at radius 3 is 2.78 bits per heavy atom. The maximum atomic E-state index is 13.5. The van der Waals surface area contributed by atoms with Crippen molar-refractivity contribution < 1.29 is 18.7 Å². The molecule has 3 heterocycles. The zero-order valence-corrected chi connectivity index (χ0v) is 23.5. The van der Waals surface area contributed by atoms with Gasteiger partial charge in [-0.1, -0.05) is 23.7 Å². The van der Waals surface area contributed by atoms with E-state index in [9.17, 15) is 9.18 Å². The average molecular weight is 577 g/mol. The van der Waals surface area contributed by atoms with E-state index in [1.807, 2.05) is 17.0 Å². The lowest BCUT2D eigenvalue weighted by atomic mass is 10.1. The molecule has 0 aliphatic carbocycles. The number of halogens is 2. The van der Waals surface area contributed by atoms with Gasteiger partial charge in [0.1, 0.15) is 36.1 Å². The van der Waals surface area contributed by atoms with Crippen molar-refractivity contribution in [2.45, 2.75) is 19.1 Å².